The average molecular weight is 390 g/mol. The molecule has 4 rings (SSSR count). The van der Waals surface area contributed by atoms with Crippen LogP contribution in [0.1, 0.15) is 16.7 Å². The van der Waals surface area contributed by atoms with Crippen molar-refractivity contribution in [3.63, 3.8) is 0 Å². The lowest BCUT2D eigenvalue weighted by Gasteiger charge is -2.15. The maximum atomic E-state index is 9.94. The largest absolute Gasteiger partial charge is 0.496 e. The molecule has 6 nitrogen and oxygen atoms in total. The molecule has 3 heterocycles. The first kappa shape index (κ1) is 18.0. The number of fused-ring (bicyclic) bond motifs is 1. The standard InChI is InChI=1S/C21H16ClN5O/c1-11-4-5-18(28-3)12(2)19(11)16-10-24-20-14(15(16)7-23)6-17(27-20)13-8-25-21(22)26-9-13/h4-6,8-10H,1-3H3,(H,24,27). The number of ether oxygens (including phenoxy) is 1. The molecule has 138 valence electrons. The Bertz CT molecular complexity index is 1240. The van der Waals surface area contributed by atoms with Crippen LogP contribution in [0.5, 0.6) is 5.75 Å². The minimum Gasteiger partial charge on any atom is -0.496 e. The number of aromatic amines is 1. The summed E-state index contributed by atoms with van der Waals surface area (Å²) in [7, 11) is 1.64. The predicted octanol–water partition coefficient (Wildman–Crippen LogP) is 4.84. The van der Waals surface area contributed by atoms with Gasteiger partial charge in [0.2, 0.25) is 5.28 Å². The summed E-state index contributed by atoms with van der Waals surface area (Å²) < 4.78 is 5.46. The highest BCUT2D eigenvalue weighted by Gasteiger charge is 2.18. The lowest BCUT2D eigenvalue weighted by molar-refractivity contribution is 0.412. The summed E-state index contributed by atoms with van der Waals surface area (Å²) in [6, 6.07) is 8.16. The van der Waals surface area contributed by atoms with Crippen LogP contribution in [0.4, 0.5) is 0 Å². The molecule has 1 N–H and O–H groups in total. The van der Waals surface area contributed by atoms with Gasteiger partial charge in [-0.3, -0.25) is 0 Å². The van der Waals surface area contributed by atoms with E-state index in [1.165, 1.54) is 0 Å². The Hall–Kier alpha value is -3.43. The van der Waals surface area contributed by atoms with Gasteiger partial charge < -0.3 is 9.72 Å². The van der Waals surface area contributed by atoms with Crippen LogP contribution < -0.4 is 4.74 Å². The number of nitrogens with zero attached hydrogens (tertiary/aromatic N) is 4. The van der Waals surface area contributed by atoms with Crippen molar-refractivity contribution >= 4 is 22.6 Å². The second-order valence-electron chi connectivity index (χ2n) is 6.43. The van der Waals surface area contributed by atoms with Gasteiger partial charge in [0, 0.05) is 35.1 Å². The van der Waals surface area contributed by atoms with Gasteiger partial charge in [-0.05, 0) is 54.3 Å². The highest BCUT2D eigenvalue weighted by Crippen LogP contribution is 2.37. The molecule has 1 aromatic carbocycles. The summed E-state index contributed by atoms with van der Waals surface area (Å²) in [5, 5.41) is 10.9. The van der Waals surface area contributed by atoms with Crippen LogP contribution in [0.3, 0.4) is 0 Å². The van der Waals surface area contributed by atoms with Crippen molar-refractivity contribution in [2.75, 3.05) is 7.11 Å². The molecular formula is C21H16ClN5O. The number of methoxy groups -OCH3 is 1. The molecule has 0 unspecified atom stereocenters. The van der Waals surface area contributed by atoms with E-state index < -0.39 is 0 Å². The Morgan fingerprint density at radius 1 is 1.11 bits per heavy atom. The zero-order valence-corrected chi connectivity index (χ0v) is 16.3. The maximum Gasteiger partial charge on any atom is 0.222 e. The van der Waals surface area contributed by atoms with Crippen LogP contribution >= 0.6 is 11.6 Å². The number of aryl methyl sites for hydroxylation is 1. The van der Waals surface area contributed by atoms with Crippen molar-refractivity contribution in [2.24, 2.45) is 0 Å². The first-order chi connectivity index (χ1) is 13.5. The highest BCUT2D eigenvalue weighted by molar-refractivity contribution is 6.28. The van der Waals surface area contributed by atoms with E-state index in [0.29, 0.717) is 11.2 Å². The molecule has 0 spiro atoms. The lowest BCUT2D eigenvalue weighted by Crippen LogP contribution is -1.96. The first-order valence-electron chi connectivity index (χ1n) is 8.57. The van der Waals surface area contributed by atoms with Gasteiger partial charge in [0.05, 0.1) is 18.4 Å². The Morgan fingerprint density at radius 2 is 1.86 bits per heavy atom. The molecule has 0 amide bonds. The van der Waals surface area contributed by atoms with E-state index in [2.05, 4.69) is 26.0 Å². The normalized spacial score (nSPS) is 10.8. The van der Waals surface area contributed by atoms with Crippen molar-refractivity contribution in [3.05, 3.63) is 58.8 Å². The molecule has 0 radical (unpaired) electrons. The Morgan fingerprint density at radius 3 is 2.54 bits per heavy atom. The molecular weight excluding hydrogens is 374 g/mol. The maximum absolute atomic E-state index is 9.94. The first-order valence-corrected chi connectivity index (χ1v) is 8.95. The number of rotatable bonds is 3. The number of nitrogens with one attached hydrogen (secondary N) is 1. The minimum absolute atomic E-state index is 0.182. The minimum atomic E-state index is 0.182. The van der Waals surface area contributed by atoms with Crippen molar-refractivity contribution in [3.8, 4) is 34.2 Å². The fourth-order valence-electron chi connectivity index (χ4n) is 3.46. The molecule has 3 aromatic heterocycles. The SMILES string of the molecule is COc1ccc(C)c(-c2cnc3[nH]c(-c4cnc(Cl)nc4)cc3c2C#N)c1C. The van der Waals surface area contributed by atoms with E-state index >= 15 is 0 Å². The van der Waals surface area contributed by atoms with Crippen LogP contribution in [-0.4, -0.2) is 27.0 Å². The number of hydrogen-bond donors (Lipinski definition) is 1. The van der Waals surface area contributed by atoms with Crippen molar-refractivity contribution in [1.29, 1.82) is 5.26 Å². The predicted molar refractivity (Wildman–Crippen MR) is 108 cm³/mol. The van der Waals surface area contributed by atoms with Gasteiger partial charge in [0.25, 0.3) is 0 Å². The molecule has 0 fully saturated rings. The number of aromatic nitrogens is 4. The van der Waals surface area contributed by atoms with Gasteiger partial charge in [-0.1, -0.05) is 6.07 Å². The zero-order valence-electron chi connectivity index (χ0n) is 15.5. The molecule has 0 atom stereocenters. The number of hydrogen-bond acceptors (Lipinski definition) is 5. The number of halogens is 1. The van der Waals surface area contributed by atoms with E-state index in [9.17, 15) is 5.26 Å². The van der Waals surface area contributed by atoms with Crippen LogP contribution in [0.15, 0.2) is 36.8 Å². The summed E-state index contributed by atoms with van der Waals surface area (Å²) >= 11 is 5.77. The third-order valence-corrected chi connectivity index (χ3v) is 5.01. The van der Waals surface area contributed by atoms with Crippen LogP contribution in [0.25, 0.3) is 33.4 Å². The topological polar surface area (TPSA) is 87.5 Å². The molecule has 0 aliphatic carbocycles. The van der Waals surface area contributed by atoms with Crippen molar-refractivity contribution < 1.29 is 4.74 Å². The summed E-state index contributed by atoms with van der Waals surface area (Å²) in [4.78, 5) is 15.8. The van der Waals surface area contributed by atoms with Gasteiger partial charge in [-0.2, -0.15) is 5.26 Å². The zero-order chi connectivity index (χ0) is 19.8. The van der Waals surface area contributed by atoms with E-state index in [0.717, 1.165) is 44.6 Å². The lowest BCUT2D eigenvalue weighted by atomic mass is 9.92. The number of benzene rings is 1. The Labute approximate surface area is 166 Å². The third-order valence-electron chi connectivity index (χ3n) is 4.81. The number of H-pyrrole nitrogens is 1. The van der Waals surface area contributed by atoms with Gasteiger partial charge in [0.1, 0.15) is 17.5 Å². The molecule has 4 aromatic rings. The van der Waals surface area contributed by atoms with Gasteiger partial charge in [-0.15, -0.1) is 0 Å². The quantitative estimate of drug-likeness (QED) is 0.506. The van der Waals surface area contributed by atoms with Crippen LogP contribution in [-0.2, 0) is 0 Å². The fraction of sp³-hybridized carbons (Fsp3) is 0.143. The monoisotopic (exact) mass is 389 g/mol. The third kappa shape index (κ3) is 2.86. The van der Waals surface area contributed by atoms with Crippen molar-refractivity contribution in [1.82, 2.24) is 19.9 Å². The van der Waals surface area contributed by atoms with Crippen LogP contribution in [0.2, 0.25) is 5.28 Å². The Balaban J connectivity index is 1.95. The van der Waals surface area contributed by atoms with Gasteiger partial charge in [0.15, 0.2) is 0 Å². The summed E-state index contributed by atoms with van der Waals surface area (Å²) in [6.45, 7) is 4.00. The molecule has 0 aliphatic rings. The van der Waals surface area contributed by atoms with Crippen LogP contribution in [0, 0.1) is 25.2 Å². The molecule has 0 saturated heterocycles. The van der Waals surface area contributed by atoms with E-state index in [1.54, 1.807) is 25.7 Å². The average Bonchev–Trinajstić information content (AvgIpc) is 3.13. The summed E-state index contributed by atoms with van der Waals surface area (Å²) in [5.41, 5.74) is 6.49. The molecule has 0 aliphatic heterocycles. The fourth-order valence-corrected chi connectivity index (χ4v) is 3.55. The summed E-state index contributed by atoms with van der Waals surface area (Å²) in [5.74, 6) is 0.776. The molecule has 0 saturated carbocycles. The Kier molecular flexibility index (Phi) is 4.46. The summed E-state index contributed by atoms with van der Waals surface area (Å²) in [6.07, 6.45) is 4.99. The number of pyridine rings is 1. The molecule has 28 heavy (non-hydrogen) atoms. The van der Waals surface area contributed by atoms with Crippen molar-refractivity contribution in [2.45, 2.75) is 13.8 Å². The second kappa shape index (κ2) is 6.95. The van der Waals surface area contributed by atoms with E-state index in [-0.39, 0.29) is 5.28 Å². The van der Waals surface area contributed by atoms with E-state index in [1.807, 2.05) is 32.0 Å². The molecule has 7 heteroatoms. The van der Waals surface area contributed by atoms with Gasteiger partial charge >= 0.3 is 0 Å². The van der Waals surface area contributed by atoms with E-state index in [4.69, 9.17) is 16.3 Å². The second-order valence-corrected chi connectivity index (χ2v) is 6.77. The smallest absolute Gasteiger partial charge is 0.222 e. The molecule has 0 bridgehead atoms. The number of nitriles is 1. The highest BCUT2D eigenvalue weighted by atomic mass is 35.5. The van der Waals surface area contributed by atoms with Gasteiger partial charge in [-0.25, -0.2) is 15.0 Å².